The third-order valence-corrected chi connectivity index (χ3v) is 5.43. The first-order valence-corrected chi connectivity index (χ1v) is 9.32. The highest BCUT2D eigenvalue weighted by atomic mass is 35.5. The summed E-state index contributed by atoms with van der Waals surface area (Å²) in [6.45, 7) is 5.85. The van der Waals surface area contributed by atoms with Gasteiger partial charge in [0.25, 0.3) is 0 Å². The van der Waals surface area contributed by atoms with Crippen molar-refractivity contribution in [1.29, 1.82) is 0 Å². The van der Waals surface area contributed by atoms with Crippen molar-refractivity contribution >= 4 is 28.3 Å². The van der Waals surface area contributed by atoms with Crippen LogP contribution >= 0.6 is 12.4 Å². The van der Waals surface area contributed by atoms with Gasteiger partial charge in [-0.25, -0.2) is 12.8 Å². The molecule has 2 atom stereocenters. The number of nitrogens with one attached hydrogen (secondary N) is 1. The van der Waals surface area contributed by atoms with Gasteiger partial charge in [0.1, 0.15) is 10.7 Å². The number of carbonyl (C=O) groups is 1. The molecule has 9 heteroatoms. The Hall–Kier alpha value is -1.22. The Morgan fingerprint density at radius 3 is 2.36 bits per heavy atom. The van der Waals surface area contributed by atoms with Crippen LogP contribution in [0.25, 0.3) is 0 Å². The van der Waals surface area contributed by atoms with Gasteiger partial charge >= 0.3 is 0 Å². The molecule has 0 fully saturated rings. The van der Waals surface area contributed by atoms with Gasteiger partial charge in [0.15, 0.2) is 0 Å². The normalized spacial score (nSPS) is 13.9. The predicted molar refractivity (Wildman–Crippen MR) is 98.5 cm³/mol. The van der Waals surface area contributed by atoms with E-state index in [0.717, 1.165) is 12.1 Å². The topological polar surface area (TPSA) is 92.5 Å². The zero-order valence-corrected chi connectivity index (χ0v) is 16.5. The smallest absolute Gasteiger partial charge is 0.244 e. The fraction of sp³-hybridized carbons (Fsp3) is 0.562. The molecular formula is C16H27ClFN3O3S. The van der Waals surface area contributed by atoms with Crippen LogP contribution in [0.2, 0.25) is 0 Å². The Kier molecular flexibility index (Phi) is 9.57. The number of nitrogens with zero attached hydrogens (tertiary/aromatic N) is 1. The fourth-order valence-electron chi connectivity index (χ4n) is 2.13. The van der Waals surface area contributed by atoms with Crippen molar-refractivity contribution in [3.63, 3.8) is 0 Å². The Balaban J connectivity index is 0.00000576. The van der Waals surface area contributed by atoms with Gasteiger partial charge in [-0.3, -0.25) is 4.79 Å². The predicted octanol–water partition coefficient (Wildman–Crippen LogP) is 1.75. The molecule has 0 aromatic heterocycles. The summed E-state index contributed by atoms with van der Waals surface area (Å²) in [5.41, 5.74) is 5.94. The summed E-state index contributed by atoms with van der Waals surface area (Å²) < 4.78 is 40.3. The van der Waals surface area contributed by atoms with E-state index in [2.05, 4.69) is 4.72 Å². The first-order chi connectivity index (χ1) is 11.1. The van der Waals surface area contributed by atoms with E-state index >= 15 is 0 Å². The molecule has 0 saturated heterocycles. The van der Waals surface area contributed by atoms with Crippen molar-refractivity contribution in [2.24, 2.45) is 11.7 Å². The first-order valence-electron chi connectivity index (χ1n) is 7.83. The standard InChI is InChI=1S/C16H26FN3O3S.ClH/c1-11(2)14(18)9-10-20(4)16(21)12(3)19-24(22,23)15-8-6-5-7-13(15)17;/h5-8,11-12,14,19H,9-10,18H2,1-4H3;1H. The van der Waals surface area contributed by atoms with E-state index < -0.39 is 32.7 Å². The molecule has 0 aliphatic carbocycles. The molecule has 0 bridgehead atoms. The van der Waals surface area contributed by atoms with E-state index in [1.165, 1.54) is 24.0 Å². The van der Waals surface area contributed by atoms with Gasteiger partial charge in [0.2, 0.25) is 15.9 Å². The minimum Gasteiger partial charge on any atom is -0.344 e. The van der Waals surface area contributed by atoms with Crippen molar-refractivity contribution in [2.75, 3.05) is 13.6 Å². The third-order valence-electron chi connectivity index (χ3n) is 3.86. The number of nitrogens with two attached hydrogens (primary N) is 1. The van der Waals surface area contributed by atoms with Crippen LogP contribution < -0.4 is 10.5 Å². The quantitative estimate of drug-likeness (QED) is 0.701. The molecular weight excluding hydrogens is 369 g/mol. The zero-order valence-electron chi connectivity index (χ0n) is 14.9. The van der Waals surface area contributed by atoms with Crippen LogP contribution in [0, 0.1) is 11.7 Å². The molecule has 1 rings (SSSR count). The zero-order chi connectivity index (χ0) is 18.5. The molecule has 6 nitrogen and oxygen atoms in total. The lowest BCUT2D eigenvalue weighted by molar-refractivity contribution is -0.131. The molecule has 1 aromatic carbocycles. The molecule has 0 saturated carbocycles. The summed E-state index contributed by atoms with van der Waals surface area (Å²) in [5, 5.41) is 0. The number of hydrogen-bond donors (Lipinski definition) is 2. The fourth-order valence-corrected chi connectivity index (χ4v) is 3.40. The average Bonchev–Trinajstić information content (AvgIpc) is 2.50. The van der Waals surface area contributed by atoms with Gasteiger partial charge in [-0.1, -0.05) is 26.0 Å². The number of sulfonamides is 1. The highest BCUT2D eigenvalue weighted by Gasteiger charge is 2.26. The van der Waals surface area contributed by atoms with E-state index in [1.54, 1.807) is 7.05 Å². The number of likely N-dealkylation sites (N-methyl/N-ethyl adjacent to an activating group) is 1. The monoisotopic (exact) mass is 395 g/mol. The highest BCUT2D eigenvalue weighted by Crippen LogP contribution is 2.14. The van der Waals surface area contributed by atoms with Gasteiger partial charge in [0, 0.05) is 19.6 Å². The lowest BCUT2D eigenvalue weighted by Gasteiger charge is -2.24. The summed E-state index contributed by atoms with van der Waals surface area (Å²) in [6.07, 6.45) is 0.618. The van der Waals surface area contributed by atoms with Gasteiger partial charge in [0.05, 0.1) is 6.04 Å². The summed E-state index contributed by atoms with van der Waals surface area (Å²) in [7, 11) is -2.52. The van der Waals surface area contributed by atoms with E-state index in [-0.39, 0.29) is 18.4 Å². The molecule has 0 heterocycles. The molecule has 25 heavy (non-hydrogen) atoms. The lowest BCUT2D eigenvalue weighted by Crippen LogP contribution is -2.46. The second kappa shape index (κ2) is 10.1. The third kappa shape index (κ3) is 6.89. The summed E-state index contributed by atoms with van der Waals surface area (Å²) >= 11 is 0. The second-order valence-electron chi connectivity index (χ2n) is 6.23. The summed E-state index contributed by atoms with van der Waals surface area (Å²) in [5.74, 6) is -0.961. The molecule has 3 N–H and O–H groups in total. The van der Waals surface area contributed by atoms with E-state index in [9.17, 15) is 17.6 Å². The maximum Gasteiger partial charge on any atom is 0.244 e. The Morgan fingerprint density at radius 1 is 1.28 bits per heavy atom. The molecule has 2 unspecified atom stereocenters. The molecule has 0 aliphatic rings. The number of rotatable bonds is 8. The summed E-state index contributed by atoms with van der Waals surface area (Å²) in [4.78, 5) is 13.2. The van der Waals surface area contributed by atoms with Gasteiger partial charge in [-0.2, -0.15) is 4.72 Å². The van der Waals surface area contributed by atoms with E-state index in [0.29, 0.717) is 18.9 Å². The number of carbonyl (C=O) groups excluding carboxylic acids is 1. The number of benzene rings is 1. The van der Waals surface area contributed by atoms with Crippen molar-refractivity contribution < 1.29 is 17.6 Å². The first kappa shape index (κ1) is 23.8. The Morgan fingerprint density at radius 2 is 1.84 bits per heavy atom. The SMILES string of the molecule is CC(NS(=O)(=O)c1ccccc1F)C(=O)N(C)CCC(N)C(C)C.Cl. The molecule has 1 amide bonds. The number of amides is 1. The highest BCUT2D eigenvalue weighted by molar-refractivity contribution is 7.89. The van der Waals surface area contributed by atoms with Crippen molar-refractivity contribution in [3.8, 4) is 0 Å². The maximum absolute atomic E-state index is 13.7. The summed E-state index contributed by atoms with van der Waals surface area (Å²) in [6, 6.07) is 3.99. The molecule has 0 radical (unpaired) electrons. The van der Waals surface area contributed by atoms with Crippen molar-refractivity contribution in [1.82, 2.24) is 9.62 Å². The van der Waals surface area contributed by atoms with E-state index in [1.807, 2.05) is 13.8 Å². The van der Waals surface area contributed by atoms with E-state index in [4.69, 9.17) is 5.73 Å². The van der Waals surface area contributed by atoms with Gasteiger partial charge in [-0.05, 0) is 31.4 Å². The minimum atomic E-state index is -4.11. The molecule has 0 spiro atoms. The number of halogens is 2. The largest absolute Gasteiger partial charge is 0.344 e. The lowest BCUT2D eigenvalue weighted by atomic mass is 10.0. The maximum atomic E-state index is 13.7. The van der Waals surface area contributed by atoms with Crippen LogP contribution in [0.5, 0.6) is 0 Å². The molecule has 0 aliphatic heterocycles. The van der Waals surface area contributed by atoms with Crippen LogP contribution in [0.1, 0.15) is 27.2 Å². The van der Waals surface area contributed by atoms with Crippen LogP contribution in [0.4, 0.5) is 4.39 Å². The molecule has 1 aromatic rings. The minimum absolute atomic E-state index is 0. The van der Waals surface area contributed by atoms with Crippen LogP contribution in [0.15, 0.2) is 29.2 Å². The van der Waals surface area contributed by atoms with Crippen LogP contribution in [-0.2, 0) is 14.8 Å². The van der Waals surface area contributed by atoms with Gasteiger partial charge < -0.3 is 10.6 Å². The second-order valence-corrected chi connectivity index (χ2v) is 7.91. The molecule has 144 valence electrons. The van der Waals surface area contributed by atoms with Crippen LogP contribution in [0.3, 0.4) is 0 Å². The number of hydrogen-bond acceptors (Lipinski definition) is 4. The average molecular weight is 396 g/mol. The van der Waals surface area contributed by atoms with Gasteiger partial charge in [-0.15, -0.1) is 12.4 Å². The van der Waals surface area contributed by atoms with Crippen molar-refractivity contribution in [3.05, 3.63) is 30.1 Å². The Bertz CT molecular complexity index is 670. The van der Waals surface area contributed by atoms with Crippen molar-refractivity contribution in [2.45, 2.75) is 44.2 Å². The Labute approximate surface area is 155 Å². The van der Waals surface area contributed by atoms with Crippen LogP contribution in [-0.4, -0.2) is 44.9 Å².